The van der Waals surface area contributed by atoms with E-state index < -0.39 is 5.97 Å². The van der Waals surface area contributed by atoms with Crippen molar-refractivity contribution in [2.75, 3.05) is 44.6 Å². The maximum Gasteiger partial charge on any atom is 0.341 e. The summed E-state index contributed by atoms with van der Waals surface area (Å²) in [5.41, 5.74) is 2.19. The minimum Gasteiger partial charge on any atom is -0.462 e. The molecule has 0 saturated heterocycles. The number of thiophene rings is 1. The molecule has 6 nitrogen and oxygen atoms in total. The van der Waals surface area contributed by atoms with E-state index in [4.69, 9.17) is 4.74 Å². The summed E-state index contributed by atoms with van der Waals surface area (Å²) in [7, 11) is 0. The van der Waals surface area contributed by atoms with Gasteiger partial charge in [0.1, 0.15) is 10.6 Å². The van der Waals surface area contributed by atoms with Crippen LogP contribution in [0, 0.1) is 6.92 Å². The van der Waals surface area contributed by atoms with Gasteiger partial charge in [-0.3, -0.25) is 4.79 Å². The predicted octanol–water partition coefficient (Wildman–Crippen LogP) is 4.16. The van der Waals surface area contributed by atoms with Crippen LogP contribution in [0.1, 0.15) is 42.4 Å². The number of anilines is 1. The zero-order valence-corrected chi connectivity index (χ0v) is 19.2. The molecular formula is C23H33N3O3S. The summed E-state index contributed by atoms with van der Waals surface area (Å²) in [5.74, 6) is -0.576. The molecule has 2 N–H and O–H groups in total. The van der Waals surface area contributed by atoms with Crippen molar-refractivity contribution in [1.29, 1.82) is 0 Å². The quantitative estimate of drug-likeness (QED) is 0.390. The summed E-state index contributed by atoms with van der Waals surface area (Å²) in [4.78, 5) is 28.5. The Labute approximate surface area is 183 Å². The van der Waals surface area contributed by atoms with Crippen molar-refractivity contribution in [1.82, 2.24) is 10.2 Å². The van der Waals surface area contributed by atoms with Crippen molar-refractivity contribution in [2.45, 2.75) is 34.1 Å². The van der Waals surface area contributed by atoms with Gasteiger partial charge in [-0.25, -0.2) is 4.79 Å². The molecule has 0 aliphatic heterocycles. The number of hydrogen-bond donors (Lipinski definition) is 2. The molecule has 2 aromatic rings. The molecule has 0 fully saturated rings. The van der Waals surface area contributed by atoms with Crippen LogP contribution in [0.25, 0.3) is 11.1 Å². The van der Waals surface area contributed by atoms with Crippen LogP contribution < -0.4 is 10.6 Å². The Morgan fingerprint density at radius 2 is 1.80 bits per heavy atom. The Bertz CT molecular complexity index is 817. The molecular weight excluding hydrogens is 398 g/mol. The van der Waals surface area contributed by atoms with Gasteiger partial charge in [-0.15, -0.1) is 11.3 Å². The van der Waals surface area contributed by atoms with E-state index in [1.54, 1.807) is 6.92 Å². The third-order valence-electron chi connectivity index (χ3n) is 4.89. The molecule has 1 aromatic carbocycles. The van der Waals surface area contributed by atoms with Gasteiger partial charge in [-0.1, -0.05) is 44.2 Å². The van der Waals surface area contributed by atoms with E-state index in [2.05, 4.69) is 29.4 Å². The van der Waals surface area contributed by atoms with Crippen molar-refractivity contribution in [3.63, 3.8) is 0 Å². The lowest BCUT2D eigenvalue weighted by Crippen LogP contribution is -2.31. The van der Waals surface area contributed by atoms with Crippen LogP contribution in [-0.4, -0.2) is 56.1 Å². The fraction of sp³-hybridized carbons (Fsp3) is 0.478. The van der Waals surface area contributed by atoms with Gasteiger partial charge in [-0.05, 0) is 52.0 Å². The van der Waals surface area contributed by atoms with Crippen LogP contribution in [0.5, 0.6) is 0 Å². The first-order valence-electron chi connectivity index (χ1n) is 10.6. The van der Waals surface area contributed by atoms with Crippen LogP contribution in [0.3, 0.4) is 0 Å². The van der Waals surface area contributed by atoms with Crippen molar-refractivity contribution >= 4 is 28.2 Å². The van der Waals surface area contributed by atoms with Gasteiger partial charge in [-0.2, -0.15) is 0 Å². The SMILES string of the molecule is CCOC(=O)c1c(NC(=O)CNCCCN(CC)CC)sc(C)c1-c1ccccc1. The number of ether oxygens (including phenoxy) is 1. The van der Waals surface area contributed by atoms with Gasteiger partial charge in [0.05, 0.1) is 13.2 Å². The topological polar surface area (TPSA) is 70.7 Å². The Morgan fingerprint density at radius 3 is 2.43 bits per heavy atom. The number of hydrogen-bond acceptors (Lipinski definition) is 6. The van der Waals surface area contributed by atoms with E-state index in [0.717, 1.165) is 48.6 Å². The van der Waals surface area contributed by atoms with Crippen LogP contribution >= 0.6 is 11.3 Å². The largest absolute Gasteiger partial charge is 0.462 e. The molecule has 1 aromatic heterocycles. The van der Waals surface area contributed by atoms with E-state index in [1.165, 1.54) is 11.3 Å². The minimum absolute atomic E-state index is 0.163. The average Bonchev–Trinajstić information content (AvgIpc) is 3.07. The van der Waals surface area contributed by atoms with Gasteiger partial charge in [0.25, 0.3) is 0 Å². The number of nitrogens with zero attached hydrogens (tertiary/aromatic N) is 1. The third kappa shape index (κ3) is 6.65. The lowest BCUT2D eigenvalue weighted by atomic mass is 10.0. The first kappa shape index (κ1) is 24.1. The molecule has 0 aliphatic carbocycles. The highest BCUT2D eigenvalue weighted by atomic mass is 32.1. The standard InChI is InChI=1S/C23H33N3O3S/c1-5-26(6-2)15-11-14-24-16-19(27)25-22-21(23(28)29-7-3)20(17(4)30-22)18-12-9-8-10-13-18/h8-10,12-13,24H,5-7,11,14-16H2,1-4H3,(H,25,27). The van der Waals surface area contributed by atoms with Gasteiger partial charge < -0.3 is 20.3 Å². The predicted molar refractivity (Wildman–Crippen MR) is 124 cm³/mol. The Hall–Kier alpha value is -2.22. The summed E-state index contributed by atoms with van der Waals surface area (Å²) in [5, 5.41) is 6.64. The number of carbonyl (C=O) groups excluding carboxylic acids is 2. The van der Waals surface area contributed by atoms with Gasteiger partial charge in [0.2, 0.25) is 5.91 Å². The van der Waals surface area contributed by atoms with Crippen LogP contribution in [0.4, 0.5) is 5.00 Å². The molecule has 7 heteroatoms. The van der Waals surface area contributed by atoms with Crippen LogP contribution in [0.2, 0.25) is 0 Å². The van der Waals surface area contributed by atoms with E-state index >= 15 is 0 Å². The maximum atomic E-state index is 12.7. The van der Waals surface area contributed by atoms with Gasteiger partial charge in [0, 0.05) is 10.4 Å². The third-order valence-corrected chi connectivity index (χ3v) is 5.91. The van der Waals surface area contributed by atoms with Crippen molar-refractivity contribution in [2.24, 2.45) is 0 Å². The molecule has 0 atom stereocenters. The number of aryl methyl sites for hydroxylation is 1. The summed E-state index contributed by atoms with van der Waals surface area (Å²) < 4.78 is 5.28. The lowest BCUT2D eigenvalue weighted by Gasteiger charge is -2.17. The van der Waals surface area contributed by atoms with Crippen LogP contribution in [0.15, 0.2) is 30.3 Å². The first-order valence-corrected chi connectivity index (χ1v) is 11.4. The van der Waals surface area contributed by atoms with E-state index in [1.807, 2.05) is 37.3 Å². The number of esters is 1. The zero-order valence-electron chi connectivity index (χ0n) is 18.4. The molecule has 1 heterocycles. The second-order valence-corrected chi connectivity index (χ2v) is 8.15. The highest BCUT2D eigenvalue weighted by Crippen LogP contribution is 2.40. The summed E-state index contributed by atoms with van der Waals surface area (Å²) in [6.07, 6.45) is 0.985. The van der Waals surface area contributed by atoms with E-state index in [-0.39, 0.29) is 19.1 Å². The van der Waals surface area contributed by atoms with Crippen molar-refractivity contribution < 1.29 is 14.3 Å². The van der Waals surface area contributed by atoms with Gasteiger partial charge in [0.15, 0.2) is 0 Å². The molecule has 0 radical (unpaired) electrons. The second-order valence-electron chi connectivity index (χ2n) is 6.93. The molecule has 2 rings (SSSR count). The Kier molecular flexibility index (Phi) is 10.00. The zero-order chi connectivity index (χ0) is 21.9. The van der Waals surface area contributed by atoms with Gasteiger partial charge >= 0.3 is 5.97 Å². The highest BCUT2D eigenvalue weighted by Gasteiger charge is 2.25. The minimum atomic E-state index is -0.414. The molecule has 1 amide bonds. The van der Waals surface area contributed by atoms with Crippen molar-refractivity contribution in [3.05, 3.63) is 40.8 Å². The maximum absolute atomic E-state index is 12.7. The molecule has 0 unspecified atom stereocenters. The van der Waals surface area contributed by atoms with E-state index in [0.29, 0.717) is 10.6 Å². The summed E-state index contributed by atoms with van der Waals surface area (Å²) in [6.45, 7) is 12.4. The fourth-order valence-corrected chi connectivity index (χ4v) is 4.40. The lowest BCUT2D eigenvalue weighted by molar-refractivity contribution is -0.115. The molecule has 164 valence electrons. The first-order chi connectivity index (χ1) is 14.5. The Morgan fingerprint density at radius 1 is 1.10 bits per heavy atom. The molecule has 0 aliphatic rings. The second kappa shape index (κ2) is 12.5. The monoisotopic (exact) mass is 431 g/mol. The Balaban J connectivity index is 2.06. The molecule has 0 spiro atoms. The number of nitrogens with one attached hydrogen (secondary N) is 2. The molecule has 0 bridgehead atoms. The number of benzene rings is 1. The average molecular weight is 432 g/mol. The number of carbonyl (C=O) groups is 2. The molecule has 0 saturated carbocycles. The summed E-state index contributed by atoms with van der Waals surface area (Å²) in [6, 6.07) is 9.72. The smallest absolute Gasteiger partial charge is 0.341 e. The number of rotatable bonds is 12. The van der Waals surface area contributed by atoms with Crippen LogP contribution in [-0.2, 0) is 9.53 Å². The van der Waals surface area contributed by atoms with Crippen molar-refractivity contribution in [3.8, 4) is 11.1 Å². The highest BCUT2D eigenvalue weighted by molar-refractivity contribution is 7.17. The summed E-state index contributed by atoms with van der Waals surface area (Å²) >= 11 is 1.40. The fourth-order valence-electron chi connectivity index (χ4n) is 3.32. The normalized spacial score (nSPS) is 11.0. The van der Waals surface area contributed by atoms with E-state index in [9.17, 15) is 9.59 Å². The molecule has 30 heavy (non-hydrogen) atoms. The number of amides is 1.